The maximum absolute atomic E-state index is 9.73. The molecule has 0 spiro atoms. The van der Waals surface area contributed by atoms with E-state index >= 15 is 0 Å². The molecule has 1 aliphatic carbocycles. The Kier molecular flexibility index (Phi) is 4.43. The van der Waals surface area contributed by atoms with E-state index in [9.17, 15) is 5.11 Å². The molecule has 0 radical (unpaired) electrons. The largest absolute Gasteiger partial charge is 0.391 e. The number of halogens is 1. The van der Waals surface area contributed by atoms with Gasteiger partial charge < -0.3 is 15.7 Å². The number of anilines is 1. The second-order valence-electron chi connectivity index (χ2n) is 4.66. The van der Waals surface area contributed by atoms with Crippen LogP contribution in [0.1, 0.15) is 24.8 Å². The first kappa shape index (κ1) is 13.6. The summed E-state index contributed by atoms with van der Waals surface area (Å²) in [5, 5.41) is 17.3. The summed E-state index contributed by atoms with van der Waals surface area (Å²) < 4.78 is 0. The summed E-state index contributed by atoms with van der Waals surface area (Å²) in [4.78, 5) is 0. The molecule has 2 atom stereocenters. The topological polar surface area (TPSA) is 44.3 Å². The number of thiocarbonyl (C=S) groups is 1. The third-order valence-corrected chi connectivity index (χ3v) is 3.69. The fourth-order valence-electron chi connectivity index (χ4n) is 2.20. The van der Waals surface area contributed by atoms with Gasteiger partial charge in [0.1, 0.15) is 0 Å². The number of nitrogens with one attached hydrogen (secondary N) is 2. The van der Waals surface area contributed by atoms with E-state index in [-0.39, 0.29) is 12.1 Å². The van der Waals surface area contributed by atoms with Crippen LogP contribution in [0.15, 0.2) is 18.2 Å². The molecule has 18 heavy (non-hydrogen) atoms. The lowest BCUT2D eigenvalue weighted by Crippen LogP contribution is -2.42. The van der Waals surface area contributed by atoms with Crippen molar-refractivity contribution >= 4 is 34.6 Å². The third-order valence-electron chi connectivity index (χ3n) is 3.23. The van der Waals surface area contributed by atoms with Crippen LogP contribution in [0.5, 0.6) is 0 Å². The van der Waals surface area contributed by atoms with Crippen LogP contribution in [0.25, 0.3) is 0 Å². The molecule has 0 aliphatic heterocycles. The minimum atomic E-state index is -0.295. The molecular formula is C13H17ClN2OS. The zero-order chi connectivity index (χ0) is 13.1. The Balaban J connectivity index is 1.94. The molecule has 3 N–H and O–H groups in total. The Morgan fingerprint density at radius 1 is 1.44 bits per heavy atom. The van der Waals surface area contributed by atoms with E-state index in [0.29, 0.717) is 10.1 Å². The second-order valence-corrected chi connectivity index (χ2v) is 5.51. The van der Waals surface area contributed by atoms with Crippen molar-refractivity contribution in [2.75, 3.05) is 5.32 Å². The van der Waals surface area contributed by atoms with Gasteiger partial charge >= 0.3 is 0 Å². The number of hydrogen-bond donors (Lipinski definition) is 3. The lowest BCUT2D eigenvalue weighted by atomic mass is 10.2. The minimum absolute atomic E-state index is 0.0672. The highest BCUT2D eigenvalue weighted by Crippen LogP contribution is 2.21. The average Bonchev–Trinajstić information content (AvgIpc) is 2.69. The molecule has 0 bridgehead atoms. The highest BCUT2D eigenvalue weighted by molar-refractivity contribution is 7.80. The van der Waals surface area contributed by atoms with Gasteiger partial charge in [-0.25, -0.2) is 0 Å². The summed E-state index contributed by atoms with van der Waals surface area (Å²) in [6.07, 6.45) is 2.56. The van der Waals surface area contributed by atoms with E-state index in [1.165, 1.54) is 0 Å². The van der Waals surface area contributed by atoms with Gasteiger partial charge in [-0.05, 0) is 62.2 Å². The highest BCUT2D eigenvalue weighted by atomic mass is 35.5. The quantitative estimate of drug-likeness (QED) is 0.731. The van der Waals surface area contributed by atoms with Crippen LogP contribution < -0.4 is 10.6 Å². The molecule has 1 aliphatic rings. The van der Waals surface area contributed by atoms with Gasteiger partial charge in [0.15, 0.2) is 5.11 Å². The monoisotopic (exact) mass is 284 g/mol. The molecule has 5 heteroatoms. The van der Waals surface area contributed by atoms with Gasteiger partial charge in [0, 0.05) is 10.7 Å². The van der Waals surface area contributed by atoms with Crippen molar-refractivity contribution in [3.8, 4) is 0 Å². The highest BCUT2D eigenvalue weighted by Gasteiger charge is 2.25. The van der Waals surface area contributed by atoms with Crippen molar-refractivity contribution < 1.29 is 5.11 Å². The first-order chi connectivity index (χ1) is 8.56. The summed E-state index contributed by atoms with van der Waals surface area (Å²) in [7, 11) is 0. The molecule has 1 aromatic carbocycles. The number of aliphatic hydroxyl groups excluding tert-OH is 1. The molecule has 1 aromatic rings. The molecule has 0 heterocycles. The van der Waals surface area contributed by atoms with E-state index in [4.69, 9.17) is 23.8 Å². The summed E-state index contributed by atoms with van der Waals surface area (Å²) >= 11 is 11.2. The van der Waals surface area contributed by atoms with E-state index in [1.807, 2.05) is 25.1 Å². The lowest BCUT2D eigenvalue weighted by Gasteiger charge is -2.19. The normalized spacial score (nSPS) is 22.8. The maximum Gasteiger partial charge on any atom is 0.171 e. The average molecular weight is 285 g/mol. The van der Waals surface area contributed by atoms with E-state index in [1.54, 1.807) is 0 Å². The van der Waals surface area contributed by atoms with Crippen LogP contribution in [-0.2, 0) is 0 Å². The van der Waals surface area contributed by atoms with Gasteiger partial charge in [0.05, 0.1) is 12.1 Å². The van der Waals surface area contributed by atoms with Crippen molar-refractivity contribution in [2.24, 2.45) is 0 Å². The van der Waals surface area contributed by atoms with E-state index in [2.05, 4.69) is 10.6 Å². The standard InChI is InChI=1S/C13H17ClN2OS/c1-8-7-9(14)5-6-10(8)15-13(18)16-11-3-2-4-12(11)17/h5-7,11-12,17H,2-4H2,1H3,(H2,15,16,18). The summed E-state index contributed by atoms with van der Waals surface area (Å²) in [5.74, 6) is 0. The van der Waals surface area contributed by atoms with Crippen LogP contribution in [0.3, 0.4) is 0 Å². The Morgan fingerprint density at radius 3 is 2.83 bits per heavy atom. The van der Waals surface area contributed by atoms with Crippen LogP contribution in [0.2, 0.25) is 5.02 Å². The number of rotatable bonds is 2. The lowest BCUT2D eigenvalue weighted by molar-refractivity contribution is 0.158. The van der Waals surface area contributed by atoms with Crippen molar-refractivity contribution in [1.82, 2.24) is 5.32 Å². The van der Waals surface area contributed by atoms with Crippen LogP contribution in [-0.4, -0.2) is 22.4 Å². The first-order valence-electron chi connectivity index (χ1n) is 6.08. The van der Waals surface area contributed by atoms with E-state index in [0.717, 1.165) is 30.5 Å². The smallest absolute Gasteiger partial charge is 0.171 e. The SMILES string of the molecule is Cc1cc(Cl)ccc1NC(=S)NC1CCCC1O. The van der Waals surface area contributed by atoms with Crippen LogP contribution in [0.4, 0.5) is 5.69 Å². The fraction of sp³-hybridized carbons (Fsp3) is 0.462. The van der Waals surface area contributed by atoms with Gasteiger partial charge in [0.25, 0.3) is 0 Å². The van der Waals surface area contributed by atoms with Crippen molar-refractivity contribution in [3.63, 3.8) is 0 Å². The van der Waals surface area contributed by atoms with Gasteiger partial charge in [-0.2, -0.15) is 0 Å². The van der Waals surface area contributed by atoms with Gasteiger partial charge in [-0.15, -0.1) is 0 Å². The van der Waals surface area contributed by atoms with Crippen LogP contribution >= 0.6 is 23.8 Å². The van der Waals surface area contributed by atoms with Gasteiger partial charge in [0.2, 0.25) is 0 Å². The summed E-state index contributed by atoms with van der Waals surface area (Å²) in [6, 6.07) is 5.68. The molecule has 0 saturated heterocycles. The molecule has 2 rings (SSSR count). The zero-order valence-electron chi connectivity index (χ0n) is 10.2. The Morgan fingerprint density at radius 2 is 2.22 bits per heavy atom. The molecule has 1 saturated carbocycles. The van der Waals surface area contributed by atoms with Gasteiger partial charge in [-0.1, -0.05) is 11.6 Å². The molecular weight excluding hydrogens is 268 g/mol. The third kappa shape index (κ3) is 3.34. The second kappa shape index (κ2) is 5.87. The van der Waals surface area contributed by atoms with Crippen molar-refractivity contribution in [1.29, 1.82) is 0 Å². The minimum Gasteiger partial charge on any atom is -0.391 e. The first-order valence-corrected chi connectivity index (χ1v) is 6.86. The number of hydrogen-bond acceptors (Lipinski definition) is 2. The molecule has 98 valence electrons. The van der Waals surface area contributed by atoms with Crippen molar-refractivity contribution in [3.05, 3.63) is 28.8 Å². The predicted octanol–water partition coefficient (Wildman–Crippen LogP) is 2.85. The number of benzene rings is 1. The summed E-state index contributed by atoms with van der Waals surface area (Å²) in [6.45, 7) is 1.97. The predicted molar refractivity (Wildman–Crippen MR) is 79.2 cm³/mol. The maximum atomic E-state index is 9.73. The zero-order valence-corrected chi connectivity index (χ0v) is 11.8. The summed E-state index contributed by atoms with van der Waals surface area (Å²) in [5.41, 5.74) is 1.98. The Hall–Kier alpha value is -0.840. The van der Waals surface area contributed by atoms with Gasteiger partial charge in [-0.3, -0.25) is 0 Å². The molecule has 0 amide bonds. The molecule has 3 nitrogen and oxygen atoms in total. The number of aryl methyl sites for hydroxylation is 1. The Labute approximate surface area is 118 Å². The fourth-order valence-corrected chi connectivity index (χ4v) is 2.69. The molecule has 0 aromatic heterocycles. The Bertz CT molecular complexity index is 453. The molecule has 1 fully saturated rings. The number of aliphatic hydroxyl groups is 1. The van der Waals surface area contributed by atoms with Crippen molar-refractivity contribution in [2.45, 2.75) is 38.3 Å². The molecule has 2 unspecified atom stereocenters. The van der Waals surface area contributed by atoms with Crippen LogP contribution in [0, 0.1) is 6.92 Å². The van der Waals surface area contributed by atoms with E-state index < -0.39 is 0 Å².